The summed E-state index contributed by atoms with van der Waals surface area (Å²) in [6.07, 6.45) is 42.5. The van der Waals surface area contributed by atoms with Gasteiger partial charge in [-0.3, -0.25) is 4.79 Å². The van der Waals surface area contributed by atoms with E-state index in [0.717, 1.165) is 51.4 Å². The van der Waals surface area contributed by atoms with E-state index in [0.29, 0.717) is 13.0 Å². The Hall–Kier alpha value is -1.53. The van der Waals surface area contributed by atoms with Crippen LogP contribution in [0.1, 0.15) is 271 Å². The molecular weight excluding hydrogens is 981 g/mol. The summed E-state index contributed by atoms with van der Waals surface area (Å²) in [6, 6.07) is 0. The molecule has 2 aliphatic heterocycles. The molecule has 2 fully saturated rings. The van der Waals surface area contributed by atoms with Gasteiger partial charge >= 0.3 is 5.97 Å². The molecule has 0 aliphatic carbocycles. The van der Waals surface area contributed by atoms with Gasteiger partial charge in [-0.25, -0.2) is 0 Å². The first-order valence-electron chi connectivity index (χ1n) is 31.9. The van der Waals surface area contributed by atoms with Gasteiger partial charge in [-0.2, -0.15) is 0 Å². The highest BCUT2D eigenvalue weighted by Gasteiger charge is 2.47. The van der Waals surface area contributed by atoms with Gasteiger partial charge in [0, 0.05) is 13.0 Å². The van der Waals surface area contributed by atoms with E-state index in [1.54, 1.807) is 0 Å². The average Bonchev–Trinajstić information content (AvgIpc) is 3.43. The zero-order valence-electron chi connectivity index (χ0n) is 49.0. The minimum Gasteiger partial charge on any atom is -0.457 e. The smallest absolute Gasteiger partial charge is 0.306 e. The van der Waals surface area contributed by atoms with E-state index in [1.807, 2.05) is 0 Å². The average molecular weight is 1100 g/mol. The van der Waals surface area contributed by atoms with Crippen molar-refractivity contribution in [1.82, 2.24) is 0 Å². The quantitative estimate of drug-likeness (QED) is 0.0172. The second-order valence-corrected chi connectivity index (χ2v) is 22.6. The molecule has 0 saturated carbocycles. The molecular formula is C63H118O14. The van der Waals surface area contributed by atoms with Gasteiger partial charge in [0.05, 0.1) is 26.4 Å². The van der Waals surface area contributed by atoms with Crippen molar-refractivity contribution < 1.29 is 69.0 Å². The molecule has 0 amide bonds. The van der Waals surface area contributed by atoms with Crippen LogP contribution in [0.4, 0.5) is 0 Å². The van der Waals surface area contributed by atoms with Crippen molar-refractivity contribution in [3.63, 3.8) is 0 Å². The van der Waals surface area contributed by atoms with Gasteiger partial charge in [0.2, 0.25) is 0 Å². The lowest BCUT2D eigenvalue weighted by Crippen LogP contribution is -2.61. The van der Waals surface area contributed by atoms with Gasteiger partial charge in [0.1, 0.15) is 54.9 Å². The lowest BCUT2D eigenvalue weighted by Gasteiger charge is -2.42. The summed E-state index contributed by atoms with van der Waals surface area (Å²) < 4.78 is 34.5. The van der Waals surface area contributed by atoms with Gasteiger partial charge in [-0.1, -0.05) is 244 Å². The topological polar surface area (TPSA) is 214 Å². The molecule has 2 rings (SSSR count). The summed E-state index contributed by atoms with van der Waals surface area (Å²) in [7, 11) is 0. The van der Waals surface area contributed by atoms with Crippen molar-refractivity contribution in [2.24, 2.45) is 0 Å². The number of unbranched alkanes of at least 4 members (excludes halogenated alkanes) is 35. The maximum Gasteiger partial charge on any atom is 0.306 e. The predicted octanol–water partition coefficient (Wildman–Crippen LogP) is 12.3. The van der Waals surface area contributed by atoms with Gasteiger partial charge in [-0.05, 0) is 44.9 Å². The Kier molecular flexibility index (Phi) is 46.7. The minimum atomic E-state index is -1.71. The van der Waals surface area contributed by atoms with Crippen molar-refractivity contribution in [2.75, 3.05) is 33.0 Å². The zero-order valence-corrected chi connectivity index (χ0v) is 49.0. The third-order valence-corrected chi connectivity index (χ3v) is 15.5. The summed E-state index contributed by atoms with van der Waals surface area (Å²) in [6.45, 7) is 3.71. The number of aliphatic hydroxyl groups excluding tert-OH is 7. The Morgan fingerprint density at radius 1 is 0.429 bits per heavy atom. The van der Waals surface area contributed by atoms with Crippen molar-refractivity contribution >= 4 is 5.97 Å². The highest BCUT2D eigenvalue weighted by atomic mass is 16.7. The molecule has 2 saturated heterocycles. The first kappa shape index (κ1) is 71.6. The van der Waals surface area contributed by atoms with E-state index in [1.165, 1.54) is 193 Å². The fraction of sp³-hybridized carbons (Fsp3) is 0.921. The molecule has 0 spiro atoms. The maximum absolute atomic E-state index is 13.1. The largest absolute Gasteiger partial charge is 0.457 e. The molecule has 7 N–H and O–H groups in total. The van der Waals surface area contributed by atoms with Crippen molar-refractivity contribution in [2.45, 2.75) is 338 Å². The summed E-state index contributed by atoms with van der Waals surface area (Å²) in [5.74, 6) is -0.371. The van der Waals surface area contributed by atoms with Crippen LogP contribution in [-0.2, 0) is 33.2 Å². The maximum atomic E-state index is 13.1. The number of hydrogen-bond acceptors (Lipinski definition) is 14. The highest BCUT2D eigenvalue weighted by molar-refractivity contribution is 5.69. The van der Waals surface area contributed by atoms with Crippen molar-refractivity contribution in [3.8, 4) is 0 Å². The summed E-state index contributed by atoms with van der Waals surface area (Å²) in [5.41, 5.74) is 0. The van der Waals surface area contributed by atoms with Crippen molar-refractivity contribution in [3.05, 3.63) is 24.3 Å². The molecule has 2 heterocycles. The Morgan fingerprint density at radius 2 is 0.805 bits per heavy atom. The monoisotopic (exact) mass is 1100 g/mol. The van der Waals surface area contributed by atoms with E-state index >= 15 is 0 Å². The van der Waals surface area contributed by atoms with E-state index < -0.39 is 80.7 Å². The number of esters is 1. The fourth-order valence-corrected chi connectivity index (χ4v) is 10.3. The number of carbonyl (C=O) groups is 1. The normalized spacial score (nSPS) is 24.4. The predicted molar refractivity (Wildman–Crippen MR) is 307 cm³/mol. The fourth-order valence-electron chi connectivity index (χ4n) is 10.3. The van der Waals surface area contributed by atoms with E-state index in [-0.39, 0.29) is 25.6 Å². The number of rotatable bonds is 53. The Bertz CT molecular complexity index is 1370. The first-order valence-corrected chi connectivity index (χ1v) is 31.9. The van der Waals surface area contributed by atoms with Gasteiger partial charge in [0.15, 0.2) is 12.6 Å². The zero-order chi connectivity index (χ0) is 55.8. The molecule has 0 radical (unpaired) electrons. The molecule has 11 unspecified atom stereocenters. The number of ether oxygens (including phenoxy) is 6. The van der Waals surface area contributed by atoms with E-state index in [4.69, 9.17) is 28.4 Å². The summed E-state index contributed by atoms with van der Waals surface area (Å²) in [5, 5.41) is 72.5. The summed E-state index contributed by atoms with van der Waals surface area (Å²) in [4.78, 5) is 13.1. The second-order valence-electron chi connectivity index (χ2n) is 22.6. The van der Waals surface area contributed by atoms with Gasteiger partial charge < -0.3 is 64.2 Å². The molecule has 0 aromatic rings. The minimum absolute atomic E-state index is 0.0621. The third kappa shape index (κ3) is 36.5. The molecule has 14 nitrogen and oxygen atoms in total. The van der Waals surface area contributed by atoms with Crippen LogP contribution in [0.2, 0.25) is 0 Å². The van der Waals surface area contributed by atoms with Crippen LogP contribution >= 0.6 is 0 Å². The molecule has 0 aromatic carbocycles. The standard InChI is InChI=1S/C63H118O14/c1-3-5-7-9-11-13-15-17-19-21-23-24-25-26-27-28-29-30-32-34-36-38-40-42-44-46-55(65)75-52(49-72-47-45-43-41-39-37-35-33-31-22-20-18-16-14-12-10-8-6-4-2)50-73-62-61(71)59(69)57(67)54(77-62)51-74-63-60(70)58(68)56(66)53(48-64)76-63/h12,14,18,20,52-54,56-64,66-71H,3-11,13,15-17,19,21-51H2,1-2H3/b14-12-,20-18-. The van der Waals surface area contributed by atoms with Crippen LogP contribution in [0.3, 0.4) is 0 Å². The third-order valence-electron chi connectivity index (χ3n) is 15.5. The van der Waals surface area contributed by atoms with Crippen LogP contribution < -0.4 is 0 Å². The molecule has 0 aromatic heterocycles. The van der Waals surface area contributed by atoms with Crippen LogP contribution in [0.15, 0.2) is 24.3 Å². The molecule has 0 bridgehead atoms. The van der Waals surface area contributed by atoms with E-state index in [9.17, 15) is 40.5 Å². The number of hydrogen-bond donors (Lipinski definition) is 7. The first-order chi connectivity index (χ1) is 37.6. The van der Waals surface area contributed by atoms with Crippen molar-refractivity contribution in [1.29, 1.82) is 0 Å². The van der Waals surface area contributed by atoms with Crippen LogP contribution in [-0.4, -0.2) is 142 Å². The molecule has 14 heteroatoms. The van der Waals surface area contributed by atoms with E-state index in [2.05, 4.69) is 38.2 Å². The lowest BCUT2D eigenvalue weighted by molar-refractivity contribution is -0.332. The number of aliphatic hydroxyl groups is 7. The van der Waals surface area contributed by atoms with Crippen LogP contribution in [0.5, 0.6) is 0 Å². The van der Waals surface area contributed by atoms with Crippen LogP contribution in [0, 0.1) is 0 Å². The molecule has 454 valence electrons. The van der Waals surface area contributed by atoms with Crippen LogP contribution in [0.25, 0.3) is 0 Å². The molecule has 11 atom stereocenters. The van der Waals surface area contributed by atoms with Gasteiger partial charge in [-0.15, -0.1) is 0 Å². The number of allylic oxidation sites excluding steroid dienone is 4. The summed E-state index contributed by atoms with van der Waals surface area (Å²) >= 11 is 0. The Balaban J connectivity index is 1.66. The highest BCUT2D eigenvalue weighted by Crippen LogP contribution is 2.27. The Labute approximate surface area is 468 Å². The number of carbonyl (C=O) groups excluding carboxylic acids is 1. The lowest BCUT2D eigenvalue weighted by atomic mass is 9.98. The van der Waals surface area contributed by atoms with Gasteiger partial charge in [0.25, 0.3) is 0 Å². The SMILES string of the molecule is CCCCC/C=C\C/C=C\CCCCCCCCCCOCC(COC1OC(COC2OC(CO)C(O)C(O)C2O)C(O)C(O)C1O)OC(=O)CCCCCCCCCCCCCCCCCCCCCCCCCCC. The Morgan fingerprint density at radius 3 is 1.27 bits per heavy atom. The molecule has 77 heavy (non-hydrogen) atoms. The molecule has 2 aliphatic rings. The second kappa shape index (κ2) is 50.2.